The van der Waals surface area contributed by atoms with Crippen LogP contribution in [0.25, 0.3) is 0 Å². The van der Waals surface area contributed by atoms with Gasteiger partial charge in [-0.3, -0.25) is 9.97 Å². The Hall–Kier alpha value is -3.91. The fraction of sp³-hybridized carbons (Fsp3) is 0.250. The zero-order valence-electron chi connectivity index (χ0n) is 20.8. The van der Waals surface area contributed by atoms with Gasteiger partial charge in [0.05, 0.1) is 37.7 Å². The summed E-state index contributed by atoms with van der Waals surface area (Å²) in [5.41, 5.74) is 6.49. The van der Waals surface area contributed by atoms with E-state index < -0.39 is 0 Å². The maximum absolute atomic E-state index is 5.93. The number of aryl methyl sites for hydroxylation is 1. The second-order valence-corrected chi connectivity index (χ2v) is 9.19. The Morgan fingerprint density at radius 1 is 0.972 bits per heavy atom. The molecule has 0 saturated carbocycles. The lowest BCUT2D eigenvalue weighted by Crippen LogP contribution is -2.30. The van der Waals surface area contributed by atoms with Crippen molar-refractivity contribution in [2.45, 2.75) is 32.5 Å². The molecular formula is C28H29N5O2S. The van der Waals surface area contributed by atoms with Crippen LogP contribution >= 0.6 is 12.2 Å². The Balaban J connectivity index is 1.66. The predicted molar refractivity (Wildman–Crippen MR) is 145 cm³/mol. The largest absolute Gasteiger partial charge is 0.497 e. The Morgan fingerprint density at radius 3 is 2.47 bits per heavy atom. The summed E-state index contributed by atoms with van der Waals surface area (Å²) in [7, 11) is 3.33. The molecule has 36 heavy (non-hydrogen) atoms. The van der Waals surface area contributed by atoms with Crippen molar-refractivity contribution in [1.29, 1.82) is 0 Å². The minimum Gasteiger partial charge on any atom is -0.497 e. The molecule has 0 spiro atoms. The van der Waals surface area contributed by atoms with Crippen molar-refractivity contribution in [3.63, 3.8) is 0 Å². The molecular weight excluding hydrogens is 470 g/mol. The number of hydrogen-bond donors (Lipinski definition) is 1. The summed E-state index contributed by atoms with van der Waals surface area (Å²) >= 11 is 5.93. The summed E-state index contributed by atoms with van der Waals surface area (Å²) in [4.78, 5) is 11.0. The minimum absolute atomic E-state index is 0.147. The highest BCUT2D eigenvalue weighted by atomic mass is 32.1. The van der Waals surface area contributed by atoms with E-state index >= 15 is 0 Å². The number of nitrogens with one attached hydrogen (secondary N) is 1. The van der Waals surface area contributed by atoms with Gasteiger partial charge in [-0.1, -0.05) is 6.07 Å². The summed E-state index contributed by atoms with van der Waals surface area (Å²) in [5, 5.41) is 4.15. The summed E-state index contributed by atoms with van der Waals surface area (Å²) in [6.07, 6.45) is 5.48. The monoisotopic (exact) mass is 499 g/mol. The third-order valence-corrected chi connectivity index (χ3v) is 7.08. The number of nitrogens with zero attached hydrogens (tertiary/aromatic N) is 4. The SMILES string of the molecule is COc1ccc(OC)c(N2C(=S)N[C@H](c3ccccn3)[C@H]2c2cc(C)n(Cc3ccncc3)c2C)c1. The molecule has 184 valence electrons. The molecule has 7 nitrogen and oxygen atoms in total. The number of aromatic nitrogens is 3. The Kier molecular flexibility index (Phi) is 6.61. The number of hydrogen-bond acceptors (Lipinski definition) is 5. The van der Waals surface area contributed by atoms with Crippen LogP contribution < -0.4 is 19.7 Å². The lowest BCUT2D eigenvalue weighted by atomic mass is 9.96. The highest BCUT2D eigenvalue weighted by Crippen LogP contribution is 2.46. The van der Waals surface area contributed by atoms with E-state index in [-0.39, 0.29) is 12.1 Å². The van der Waals surface area contributed by atoms with Gasteiger partial charge in [-0.25, -0.2) is 0 Å². The molecule has 4 aromatic rings. The normalized spacial score (nSPS) is 17.2. The maximum atomic E-state index is 5.93. The molecule has 1 aliphatic rings. The smallest absolute Gasteiger partial charge is 0.174 e. The zero-order valence-corrected chi connectivity index (χ0v) is 21.6. The van der Waals surface area contributed by atoms with Crippen molar-refractivity contribution >= 4 is 23.0 Å². The van der Waals surface area contributed by atoms with Gasteiger partial charge in [0, 0.05) is 42.6 Å². The van der Waals surface area contributed by atoms with E-state index in [1.165, 1.54) is 22.5 Å². The summed E-state index contributed by atoms with van der Waals surface area (Å²) in [6, 6.07) is 17.8. The molecule has 4 heterocycles. The lowest BCUT2D eigenvalue weighted by Gasteiger charge is -2.29. The fourth-order valence-electron chi connectivity index (χ4n) is 4.96. The first-order valence-corrected chi connectivity index (χ1v) is 12.2. The van der Waals surface area contributed by atoms with E-state index in [9.17, 15) is 0 Å². The second-order valence-electron chi connectivity index (χ2n) is 8.80. The van der Waals surface area contributed by atoms with Gasteiger partial charge >= 0.3 is 0 Å². The number of thiocarbonyl (C=S) groups is 1. The standard InChI is InChI=1S/C28H29N5O2S/c1-18-15-22(19(2)32(18)17-20-10-13-29-14-11-20)27-26(23-7-5-6-12-30-23)31-28(36)33(27)24-16-21(34-3)8-9-25(24)35-4/h5-16,26-27H,17H2,1-4H3,(H,31,36)/t26-,27-/m1/s1. The van der Waals surface area contributed by atoms with Gasteiger partial charge in [0.1, 0.15) is 11.5 Å². The van der Waals surface area contributed by atoms with E-state index in [1.54, 1.807) is 14.2 Å². The summed E-state index contributed by atoms with van der Waals surface area (Å²) in [6.45, 7) is 5.08. The van der Waals surface area contributed by atoms with Crippen LogP contribution in [0.15, 0.2) is 73.2 Å². The van der Waals surface area contributed by atoms with Crippen molar-refractivity contribution in [2.75, 3.05) is 19.1 Å². The van der Waals surface area contributed by atoms with Crippen LogP contribution in [0.1, 0.15) is 40.3 Å². The van der Waals surface area contributed by atoms with Crippen LogP contribution in [0, 0.1) is 13.8 Å². The highest BCUT2D eigenvalue weighted by molar-refractivity contribution is 7.80. The van der Waals surface area contributed by atoms with Crippen LogP contribution in [0.4, 0.5) is 5.69 Å². The van der Waals surface area contributed by atoms with Gasteiger partial charge < -0.3 is 24.3 Å². The van der Waals surface area contributed by atoms with E-state index in [1.807, 2.05) is 55.0 Å². The molecule has 1 N–H and O–H groups in total. The number of ether oxygens (including phenoxy) is 2. The number of rotatable bonds is 7. The molecule has 8 heteroatoms. The van der Waals surface area contributed by atoms with E-state index in [0.717, 1.165) is 29.4 Å². The van der Waals surface area contributed by atoms with Gasteiger partial charge in [-0.15, -0.1) is 0 Å². The molecule has 0 amide bonds. The van der Waals surface area contributed by atoms with Crippen molar-refractivity contribution in [2.24, 2.45) is 0 Å². The zero-order chi connectivity index (χ0) is 25.2. The number of methoxy groups -OCH3 is 2. The van der Waals surface area contributed by atoms with E-state index in [4.69, 9.17) is 21.7 Å². The Labute approximate surface area is 216 Å². The van der Waals surface area contributed by atoms with Crippen LogP contribution in [-0.2, 0) is 6.54 Å². The molecule has 1 aliphatic heterocycles. The van der Waals surface area contributed by atoms with Crippen molar-refractivity contribution in [1.82, 2.24) is 19.9 Å². The molecule has 3 aromatic heterocycles. The van der Waals surface area contributed by atoms with E-state index in [0.29, 0.717) is 5.11 Å². The molecule has 0 bridgehead atoms. The Morgan fingerprint density at radius 2 is 1.78 bits per heavy atom. The average molecular weight is 500 g/mol. The maximum Gasteiger partial charge on any atom is 0.174 e. The van der Waals surface area contributed by atoms with Crippen LogP contribution in [-0.4, -0.2) is 33.9 Å². The Bertz CT molecular complexity index is 1370. The molecule has 2 atom stereocenters. The quantitative estimate of drug-likeness (QED) is 0.353. The number of benzene rings is 1. The van der Waals surface area contributed by atoms with Gasteiger partial charge in [0.15, 0.2) is 5.11 Å². The predicted octanol–water partition coefficient (Wildman–Crippen LogP) is 5.14. The number of anilines is 1. The average Bonchev–Trinajstić information content (AvgIpc) is 3.40. The van der Waals surface area contributed by atoms with Gasteiger partial charge in [-0.2, -0.15) is 0 Å². The van der Waals surface area contributed by atoms with Crippen LogP contribution in [0.2, 0.25) is 0 Å². The molecule has 1 saturated heterocycles. The molecule has 0 aliphatic carbocycles. The fourth-order valence-corrected chi connectivity index (χ4v) is 5.30. The first kappa shape index (κ1) is 23.8. The first-order valence-electron chi connectivity index (χ1n) is 11.8. The molecule has 0 unspecified atom stereocenters. The second kappa shape index (κ2) is 9.99. The third-order valence-electron chi connectivity index (χ3n) is 6.77. The van der Waals surface area contributed by atoms with Gasteiger partial charge in [-0.05, 0) is 79.7 Å². The van der Waals surface area contributed by atoms with Gasteiger partial charge in [0.2, 0.25) is 0 Å². The van der Waals surface area contributed by atoms with Crippen molar-refractivity contribution in [3.8, 4) is 11.5 Å². The van der Waals surface area contributed by atoms with Crippen LogP contribution in [0.5, 0.6) is 11.5 Å². The van der Waals surface area contributed by atoms with Crippen LogP contribution in [0.3, 0.4) is 0 Å². The molecule has 1 fully saturated rings. The number of pyridine rings is 2. The summed E-state index contributed by atoms with van der Waals surface area (Å²) < 4.78 is 13.6. The van der Waals surface area contributed by atoms with E-state index in [2.05, 4.69) is 56.8 Å². The summed E-state index contributed by atoms with van der Waals surface area (Å²) in [5.74, 6) is 1.45. The topological polar surface area (TPSA) is 64.4 Å². The molecule has 1 aromatic carbocycles. The first-order chi connectivity index (χ1) is 17.5. The third kappa shape index (κ3) is 4.28. The van der Waals surface area contributed by atoms with Gasteiger partial charge in [0.25, 0.3) is 0 Å². The highest BCUT2D eigenvalue weighted by Gasteiger charge is 2.43. The lowest BCUT2D eigenvalue weighted by molar-refractivity contribution is 0.403. The minimum atomic E-state index is -0.149. The molecule has 5 rings (SSSR count). The molecule has 0 radical (unpaired) electrons. The van der Waals surface area contributed by atoms with Crippen molar-refractivity contribution in [3.05, 3.63) is 101 Å². The van der Waals surface area contributed by atoms with Crippen molar-refractivity contribution < 1.29 is 9.47 Å².